The summed E-state index contributed by atoms with van der Waals surface area (Å²) in [5, 5.41) is 0. The Morgan fingerprint density at radius 1 is 1.31 bits per heavy atom. The third kappa shape index (κ3) is 2.26. The minimum Gasteiger partial charge on any atom is -0.366 e. The number of rotatable bonds is 3. The fourth-order valence-corrected chi connectivity index (χ4v) is 2.42. The zero-order valence-corrected chi connectivity index (χ0v) is 8.80. The molecule has 2 rings (SSSR count). The van der Waals surface area contributed by atoms with Crippen molar-refractivity contribution in [2.45, 2.75) is 30.4 Å². The Bertz CT molecular complexity index is 281. The molecule has 70 valence electrons. The first-order valence-corrected chi connectivity index (χ1v) is 5.53. The third-order valence-corrected chi connectivity index (χ3v) is 3.38. The Kier molecular flexibility index (Phi) is 2.35. The van der Waals surface area contributed by atoms with Gasteiger partial charge in [0, 0.05) is 10.6 Å². The molecule has 1 aliphatic heterocycles. The monoisotopic (exact) mass is 194 g/mol. The van der Waals surface area contributed by atoms with Gasteiger partial charge in [-0.1, -0.05) is 18.2 Å². The van der Waals surface area contributed by atoms with Crippen molar-refractivity contribution in [1.29, 1.82) is 0 Å². The van der Waals surface area contributed by atoms with Crippen LogP contribution in [0.25, 0.3) is 0 Å². The van der Waals surface area contributed by atoms with Crippen LogP contribution in [-0.2, 0) is 4.74 Å². The Hall–Kier alpha value is -0.470. The highest BCUT2D eigenvalue weighted by Gasteiger charge is 2.47. The van der Waals surface area contributed by atoms with Gasteiger partial charge in [0.1, 0.15) is 0 Å². The second-order valence-electron chi connectivity index (χ2n) is 3.83. The molecule has 0 radical (unpaired) electrons. The Morgan fingerprint density at radius 2 is 1.92 bits per heavy atom. The van der Waals surface area contributed by atoms with Crippen LogP contribution in [0.5, 0.6) is 0 Å². The Balaban J connectivity index is 1.82. The highest BCUT2D eigenvalue weighted by Crippen LogP contribution is 2.38. The van der Waals surface area contributed by atoms with Crippen LogP contribution in [0.1, 0.15) is 13.8 Å². The van der Waals surface area contributed by atoms with Gasteiger partial charge in [-0.05, 0) is 26.0 Å². The predicted octanol–water partition coefficient (Wildman–Crippen LogP) is 2.96. The van der Waals surface area contributed by atoms with Crippen LogP contribution in [0.15, 0.2) is 35.2 Å². The molecule has 1 saturated heterocycles. The van der Waals surface area contributed by atoms with Crippen molar-refractivity contribution >= 4 is 11.8 Å². The van der Waals surface area contributed by atoms with Crippen molar-refractivity contribution in [2.24, 2.45) is 0 Å². The maximum atomic E-state index is 5.51. The molecule has 2 heteroatoms. The molecule has 0 aromatic heterocycles. The van der Waals surface area contributed by atoms with Gasteiger partial charge in [-0.2, -0.15) is 0 Å². The molecule has 0 spiro atoms. The highest BCUT2D eigenvalue weighted by molar-refractivity contribution is 7.99. The van der Waals surface area contributed by atoms with Crippen LogP contribution in [0, 0.1) is 0 Å². The van der Waals surface area contributed by atoms with Gasteiger partial charge < -0.3 is 4.74 Å². The zero-order valence-electron chi connectivity index (χ0n) is 7.99. The second-order valence-corrected chi connectivity index (χ2v) is 4.93. The van der Waals surface area contributed by atoms with Crippen molar-refractivity contribution in [3.63, 3.8) is 0 Å². The van der Waals surface area contributed by atoms with E-state index in [2.05, 4.69) is 38.1 Å². The molecule has 0 amide bonds. The highest BCUT2D eigenvalue weighted by atomic mass is 32.2. The van der Waals surface area contributed by atoms with E-state index in [9.17, 15) is 0 Å². The number of ether oxygens (including phenoxy) is 1. The van der Waals surface area contributed by atoms with Crippen LogP contribution in [0.2, 0.25) is 0 Å². The molecule has 1 aromatic carbocycles. The van der Waals surface area contributed by atoms with Crippen molar-refractivity contribution in [3.05, 3.63) is 30.3 Å². The molecular formula is C11H14OS. The zero-order chi connectivity index (χ0) is 9.31. The average Bonchev–Trinajstić information content (AvgIpc) is 2.73. The van der Waals surface area contributed by atoms with Gasteiger partial charge in [-0.25, -0.2) is 0 Å². The summed E-state index contributed by atoms with van der Waals surface area (Å²) in [6, 6.07) is 10.5. The topological polar surface area (TPSA) is 12.5 Å². The summed E-state index contributed by atoms with van der Waals surface area (Å²) < 4.78 is 5.51. The van der Waals surface area contributed by atoms with Gasteiger partial charge in [0.15, 0.2) is 0 Å². The summed E-state index contributed by atoms with van der Waals surface area (Å²) in [4.78, 5) is 1.33. The first-order valence-electron chi connectivity index (χ1n) is 4.54. The molecule has 1 fully saturated rings. The minimum atomic E-state index is 0.127. The normalized spacial score (nSPS) is 24.3. The molecule has 0 aliphatic carbocycles. The summed E-state index contributed by atoms with van der Waals surface area (Å²) in [7, 11) is 0. The molecular weight excluding hydrogens is 180 g/mol. The van der Waals surface area contributed by atoms with E-state index in [-0.39, 0.29) is 5.60 Å². The molecule has 1 unspecified atom stereocenters. The largest absolute Gasteiger partial charge is 0.366 e. The van der Waals surface area contributed by atoms with Gasteiger partial charge in [-0.15, -0.1) is 11.8 Å². The summed E-state index contributed by atoms with van der Waals surface area (Å²) in [5.41, 5.74) is 0.127. The second kappa shape index (κ2) is 3.35. The molecule has 1 heterocycles. The lowest BCUT2D eigenvalue weighted by atomic mass is 10.2. The fraction of sp³-hybridized carbons (Fsp3) is 0.455. The molecule has 1 atom stereocenters. The first kappa shape index (κ1) is 9.10. The van der Waals surface area contributed by atoms with E-state index in [0.29, 0.717) is 6.10 Å². The van der Waals surface area contributed by atoms with Crippen LogP contribution in [-0.4, -0.2) is 17.5 Å². The summed E-state index contributed by atoms with van der Waals surface area (Å²) in [5.74, 6) is 1.07. The quantitative estimate of drug-likeness (QED) is 0.542. The van der Waals surface area contributed by atoms with E-state index in [1.807, 2.05) is 17.8 Å². The standard InChI is InChI=1S/C11H14OS/c1-11(2)10(12-11)8-13-9-6-4-3-5-7-9/h3-7,10H,8H2,1-2H3. The number of benzene rings is 1. The smallest absolute Gasteiger partial charge is 0.0961 e. The van der Waals surface area contributed by atoms with Gasteiger partial charge in [-0.3, -0.25) is 0 Å². The summed E-state index contributed by atoms with van der Waals surface area (Å²) >= 11 is 1.87. The fourth-order valence-electron chi connectivity index (χ4n) is 1.26. The van der Waals surface area contributed by atoms with E-state index in [0.717, 1.165) is 5.75 Å². The lowest BCUT2D eigenvalue weighted by Gasteiger charge is -1.98. The van der Waals surface area contributed by atoms with Crippen molar-refractivity contribution in [1.82, 2.24) is 0 Å². The summed E-state index contributed by atoms with van der Waals surface area (Å²) in [6.07, 6.45) is 0.442. The van der Waals surface area contributed by atoms with Crippen LogP contribution < -0.4 is 0 Å². The van der Waals surface area contributed by atoms with E-state index >= 15 is 0 Å². The van der Waals surface area contributed by atoms with E-state index in [1.165, 1.54) is 4.90 Å². The van der Waals surface area contributed by atoms with E-state index < -0.39 is 0 Å². The van der Waals surface area contributed by atoms with Gasteiger partial charge in [0.05, 0.1) is 11.7 Å². The van der Waals surface area contributed by atoms with Crippen LogP contribution in [0.4, 0.5) is 0 Å². The number of hydrogen-bond donors (Lipinski definition) is 0. The third-order valence-electron chi connectivity index (χ3n) is 2.31. The van der Waals surface area contributed by atoms with Gasteiger partial charge in [0.25, 0.3) is 0 Å². The first-order chi connectivity index (χ1) is 6.18. The minimum absolute atomic E-state index is 0.127. The molecule has 1 aromatic rings. The average molecular weight is 194 g/mol. The van der Waals surface area contributed by atoms with Crippen LogP contribution in [0.3, 0.4) is 0 Å². The lowest BCUT2D eigenvalue weighted by molar-refractivity contribution is 0.329. The van der Waals surface area contributed by atoms with Crippen molar-refractivity contribution in [3.8, 4) is 0 Å². The summed E-state index contributed by atoms with van der Waals surface area (Å²) in [6.45, 7) is 4.28. The van der Waals surface area contributed by atoms with E-state index in [4.69, 9.17) is 4.74 Å². The number of epoxide rings is 1. The van der Waals surface area contributed by atoms with Gasteiger partial charge in [0.2, 0.25) is 0 Å². The van der Waals surface area contributed by atoms with Crippen molar-refractivity contribution < 1.29 is 4.74 Å². The molecule has 0 saturated carbocycles. The SMILES string of the molecule is CC1(C)OC1CSc1ccccc1. The van der Waals surface area contributed by atoms with Gasteiger partial charge >= 0.3 is 0 Å². The Morgan fingerprint density at radius 3 is 2.46 bits per heavy atom. The lowest BCUT2D eigenvalue weighted by Crippen LogP contribution is -2.04. The molecule has 1 nitrogen and oxygen atoms in total. The number of thioether (sulfide) groups is 1. The van der Waals surface area contributed by atoms with E-state index in [1.54, 1.807) is 0 Å². The van der Waals surface area contributed by atoms with Crippen molar-refractivity contribution in [2.75, 3.05) is 5.75 Å². The molecule has 1 aliphatic rings. The van der Waals surface area contributed by atoms with Crippen LogP contribution >= 0.6 is 11.8 Å². The Labute approximate surface area is 83.5 Å². The maximum absolute atomic E-state index is 5.51. The number of hydrogen-bond acceptors (Lipinski definition) is 2. The molecule has 0 bridgehead atoms. The maximum Gasteiger partial charge on any atom is 0.0961 e. The molecule has 13 heavy (non-hydrogen) atoms. The predicted molar refractivity (Wildman–Crippen MR) is 56.1 cm³/mol. The molecule has 0 N–H and O–H groups in total.